The van der Waals surface area contributed by atoms with Gasteiger partial charge in [0.25, 0.3) is 0 Å². The van der Waals surface area contributed by atoms with E-state index in [9.17, 15) is 0 Å². The lowest BCUT2D eigenvalue weighted by atomic mass is 9.77. The SMILES string of the molecule is c1ccc(-c2c(-c3ccc(C4c5c(c6ccccc6c6ccccc56)Sc5c4c4ccccc4c4ccccc54)cc3)c3ccccc3c3ccccc23)cc1. The van der Waals surface area contributed by atoms with Gasteiger partial charge in [0.15, 0.2) is 0 Å². The molecule has 0 aliphatic carbocycles. The number of benzene rings is 11. The van der Waals surface area contributed by atoms with Crippen LogP contribution in [0.25, 0.3) is 86.9 Å². The first-order valence-corrected chi connectivity index (χ1v) is 20.3. The summed E-state index contributed by atoms with van der Waals surface area (Å²) in [6, 6.07) is 74.6. The van der Waals surface area contributed by atoms with Crippen LogP contribution in [0.3, 0.4) is 0 Å². The molecule has 0 unspecified atom stereocenters. The van der Waals surface area contributed by atoms with E-state index in [4.69, 9.17) is 0 Å². The number of fused-ring (bicyclic) bond motifs is 15. The molecule has 1 aliphatic rings. The van der Waals surface area contributed by atoms with E-state index in [2.05, 4.69) is 200 Å². The standard InChI is InChI=1S/C55H34S/c1-2-16-34(17-3-1)49-43-24-10-4-18-37(43)38-19-5-11-25-44(38)50(49)35-30-32-36(33-31-35)51-52-45-26-12-6-20-39(45)41-22-8-14-28-47(41)54(52)56-55-48-29-15-9-23-42(48)40-21-7-13-27-46(40)53(51)55/h1-33,51H. The lowest BCUT2D eigenvalue weighted by Gasteiger charge is -2.33. The molecule has 11 aromatic carbocycles. The Morgan fingerprint density at radius 3 is 0.982 bits per heavy atom. The average molecular weight is 727 g/mol. The van der Waals surface area contributed by atoms with Gasteiger partial charge in [-0.1, -0.05) is 212 Å². The molecule has 1 aliphatic heterocycles. The van der Waals surface area contributed by atoms with Crippen LogP contribution < -0.4 is 0 Å². The van der Waals surface area contributed by atoms with E-state index in [-0.39, 0.29) is 5.92 Å². The maximum atomic E-state index is 2.43. The van der Waals surface area contributed by atoms with Gasteiger partial charge in [-0.2, -0.15) is 0 Å². The summed E-state index contributed by atoms with van der Waals surface area (Å²) in [6.45, 7) is 0. The van der Waals surface area contributed by atoms with Gasteiger partial charge in [-0.15, -0.1) is 0 Å². The van der Waals surface area contributed by atoms with Crippen molar-refractivity contribution in [1.82, 2.24) is 0 Å². The maximum absolute atomic E-state index is 2.43. The van der Waals surface area contributed by atoms with Crippen LogP contribution in [0.15, 0.2) is 210 Å². The van der Waals surface area contributed by atoms with Crippen molar-refractivity contribution in [2.45, 2.75) is 15.7 Å². The maximum Gasteiger partial charge on any atom is 0.0375 e. The van der Waals surface area contributed by atoms with Gasteiger partial charge >= 0.3 is 0 Å². The Morgan fingerprint density at radius 1 is 0.250 bits per heavy atom. The highest BCUT2D eigenvalue weighted by molar-refractivity contribution is 8.00. The van der Waals surface area contributed by atoms with Crippen molar-refractivity contribution >= 4 is 76.4 Å². The van der Waals surface area contributed by atoms with Gasteiger partial charge in [0.1, 0.15) is 0 Å². The molecule has 1 heteroatoms. The van der Waals surface area contributed by atoms with E-state index in [0.717, 1.165) is 0 Å². The largest absolute Gasteiger partial charge is 0.0881 e. The second-order valence-corrected chi connectivity index (χ2v) is 16.1. The van der Waals surface area contributed by atoms with Crippen molar-refractivity contribution in [2.75, 3.05) is 0 Å². The molecule has 0 spiro atoms. The Kier molecular flexibility index (Phi) is 7.03. The van der Waals surface area contributed by atoms with E-state index in [1.807, 2.05) is 11.8 Å². The molecule has 11 aromatic rings. The third kappa shape index (κ3) is 4.56. The van der Waals surface area contributed by atoms with E-state index < -0.39 is 0 Å². The Labute approximate surface area is 329 Å². The van der Waals surface area contributed by atoms with E-state index in [1.54, 1.807) is 0 Å². The van der Waals surface area contributed by atoms with Gasteiger partial charge in [-0.25, -0.2) is 0 Å². The molecule has 0 aromatic heterocycles. The highest BCUT2D eigenvalue weighted by Crippen LogP contribution is 2.58. The van der Waals surface area contributed by atoms with E-state index in [1.165, 1.54) is 113 Å². The molecule has 0 bridgehead atoms. The highest BCUT2D eigenvalue weighted by Gasteiger charge is 2.34. The molecular formula is C55H34S. The van der Waals surface area contributed by atoms with Crippen LogP contribution in [-0.2, 0) is 0 Å². The zero-order valence-electron chi connectivity index (χ0n) is 30.5. The van der Waals surface area contributed by atoms with Crippen molar-refractivity contribution in [3.63, 3.8) is 0 Å². The van der Waals surface area contributed by atoms with Crippen LogP contribution in [-0.4, -0.2) is 0 Å². The highest BCUT2D eigenvalue weighted by atomic mass is 32.2. The normalized spacial score (nSPS) is 12.9. The monoisotopic (exact) mass is 726 g/mol. The second kappa shape index (κ2) is 12.4. The molecule has 0 fully saturated rings. The number of hydrogen-bond donors (Lipinski definition) is 0. The van der Waals surface area contributed by atoms with Crippen LogP contribution in [0.2, 0.25) is 0 Å². The zero-order valence-corrected chi connectivity index (χ0v) is 31.4. The van der Waals surface area contributed by atoms with Crippen molar-refractivity contribution in [1.29, 1.82) is 0 Å². The molecule has 0 nitrogen and oxygen atoms in total. The van der Waals surface area contributed by atoms with Crippen LogP contribution in [0.1, 0.15) is 22.6 Å². The molecule has 1 heterocycles. The summed E-state index contributed by atoms with van der Waals surface area (Å²) in [4.78, 5) is 2.74. The fourth-order valence-electron chi connectivity index (χ4n) is 9.83. The summed E-state index contributed by atoms with van der Waals surface area (Å²) in [5.41, 5.74) is 9.16. The first-order chi connectivity index (χ1) is 27.8. The van der Waals surface area contributed by atoms with Gasteiger partial charge in [0.2, 0.25) is 0 Å². The first-order valence-electron chi connectivity index (χ1n) is 19.5. The quantitative estimate of drug-likeness (QED) is 0.163. The molecule has 0 atom stereocenters. The Hall–Kier alpha value is -6.67. The minimum atomic E-state index is 0.0289. The summed E-state index contributed by atoms with van der Waals surface area (Å²) in [7, 11) is 0. The van der Waals surface area contributed by atoms with E-state index >= 15 is 0 Å². The summed E-state index contributed by atoms with van der Waals surface area (Å²) in [5.74, 6) is 0.0289. The summed E-state index contributed by atoms with van der Waals surface area (Å²) < 4.78 is 0. The third-order valence-electron chi connectivity index (χ3n) is 12.2. The molecule has 0 radical (unpaired) electrons. The molecule has 0 saturated carbocycles. The van der Waals surface area contributed by atoms with Crippen LogP contribution in [0.5, 0.6) is 0 Å². The summed E-state index contributed by atoms with van der Waals surface area (Å²) >= 11 is 1.97. The number of hydrogen-bond acceptors (Lipinski definition) is 1. The van der Waals surface area contributed by atoms with Crippen LogP contribution >= 0.6 is 11.8 Å². The fourth-order valence-corrected chi connectivity index (χ4v) is 11.3. The van der Waals surface area contributed by atoms with Gasteiger partial charge < -0.3 is 0 Å². The van der Waals surface area contributed by atoms with Gasteiger partial charge in [-0.3, -0.25) is 0 Å². The van der Waals surface area contributed by atoms with Crippen molar-refractivity contribution in [3.05, 3.63) is 217 Å². The predicted molar refractivity (Wildman–Crippen MR) is 240 cm³/mol. The van der Waals surface area contributed by atoms with Crippen molar-refractivity contribution < 1.29 is 0 Å². The molecule has 0 amide bonds. The van der Waals surface area contributed by atoms with Gasteiger partial charge in [-0.05, 0) is 104 Å². The van der Waals surface area contributed by atoms with Gasteiger partial charge in [0.05, 0.1) is 0 Å². The summed E-state index contributed by atoms with van der Waals surface area (Å²) in [5, 5.41) is 15.7. The minimum Gasteiger partial charge on any atom is -0.0881 e. The molecule has 260 valence electrons. The van der Waals surface area contributed by atoms with Crippen molar-refractivity contribution in [3.8, 4) is 22.3 Å². The minimum absolute atomic E-state index is 0.0289. The first kappa shape index (κ1) is 31.7. The summed E-state index contributed by atoms with van der Waals surface area (Å²) in [6.07, 6.45) is 0. The lowest BCUT2D eigenvalue weighted by molar-refractivity contribution is 0.938. The molecule has 0 N–H and O–H groups in total. The van der Waals surface area contributed by atoms with Gasteiger partial charge in [0, 0.05) is 15.7 Å². The van der Waals surface area contributed by atoms with Crippen LogP contribution in [0, 0.1) is 0 Å². The molecule has 56 heavy (non-hydrogen) atoms. The smallest absolute Gasteiger partial charge is 0.0375 e. The van der Waals surface area contributed by atoms with Crippen LogP contribution in [0.4, 0.5) is 0 Å². The van der Waals surface area contributed by atoms with Crippen molar-refractivity contribution in [2.24, 2.45) is 0 Å². The Morgan fingerprint density at radius 2 is 0.554 bits per heavy atom. The molecule has 0 saturated heterocycles. The zero-order chi connectivity index (χ0) is 36.7. The molecule has 12 rings (SSSR count). The average Bonchev–Trinajstić information content (AvgIpc) is 3.28. The Balaban J connectivity index is 1.18. The topological polar surface area (TPSA) is 0 Å². The lowest BCUT2D eigenvalue weighted by Crippen LogP contribution is -2.13. The molecular weight excluding hydrogens is 693 g/mol. The second-order valence-electron chi connectivity index (χ2n) is 15.0. The number of rotatable bonds is 3. The third-order valence-corrected chi connectivity index (χ3v) is 13.4. The predicted octanol–water partition coefficient (Wildman–Crippen LogP) is 15.6. The van der Waals surface area contributed by atoms with E-state index in [0.29, 0.717) is 0 Å². The fraction of sp³-hybridized carbons (Fsp3) is 0.0182. The Bertz CT molecular complexity index is 3250.